The van der Waals surface area contributed by atoms with E-state index in [1.54, 1.807) is 12.4 Å². The Morgan fingerprint density at radius 2 is 1.72 bits per heavy atom. The van der Waals surface area contributed by atoms with Crippen molar-refractivity contribution < 1.29 is 9.84 Å². The van der Waals surface area contributed by atoms with Gasteiger partial charge in [0.2, 0.25) is 0 Å². The van der Waals surface area contributed by atoms with Gasteiger partial charge in [-0.3, -0.25) is 9.97 Å². The molecule has 2 aromatic heterocycles. The zero-order chi connectivity index (χ0) is 20.1. The normalized spacial score (nSPS) is 12.0. The van der Waals surface area contributed by atoms with Gasteiger partial charge in [0, 0.05) is 41.4 Å². The first kappa shape index (κ1) is 18.9. The SMILES string of the molecule is CCCOc1ccc(C(Cc2ccccn2)c2ccc3cccnc3c2O)cc1. The molecule has 2 heterocycles. The number of fused-ring (bicyclic) bond motifs is 1. The number of hydrogen-bond acceptors (Lipinski definition) is 4. The molecule has 4 rings (SSSR count). The fourth-order valence-corrected chi connectivity index (χ4v) is 3.58. The van der Waals surface area contributed by atoms with Crippen LogP contribution in [0.5, 0.6) is 11.5 Å². The number of nitrogens with zero attached hydrogens (tertiary/aromatic N) is 2. The number of phenolic OH excluding ortho intramolecular Hbond substituents is 1. The first-order valence-corrected chi connectivity index (χ1v) is 9.95. The molecule has 2 aromatic carbocycles. The third-order valence-electron chi connectivity index (χ3n) is 5.05. The highest BCUT2D eigenvalue weighted by Crippen LogP contribution is 2.37. The van der Waals surface area contributed by atoms with E-state index in [1.807, 2.05) is 54.6 Å². The van der Waals surface area contributed by atoms with Gasteiger partial charge in [-0.2, -0.15) is 0 Å². The maximum Gasteiger partial charge on any atom is 0.145 e. The van der Waals surface area contributed by atoms with Crippen molar-refractivity contribution in [1.29, 1.82) is 0 Å². The van der Waals surface area contributed by atoms with Gasteiger partial charge in [-0.05, 0) is 42.3 Å². The van der Waals surface area contributed by atoms with E-state index in [0.29, 0.717) is 18.5 Å². The van der Waals surface area contributed by atoms with Crippen LogP contribution in [-0.2, 0) is 6.42 Å². The van der Waals surface area contributed by atoms with Gasteiger partial charge < -0.3 is 9.84 Å². The Balaban J connectivity index is 1.75. The van der Waals surface area contributed by atoms with E-state index in [1.165, 1.54) is 0 Å². The molecule has 0 amide bonds. The number of phenols is 1. The lowest BCUT2D eigenvalue weighted by molar-refractivity contribution is 0.317. The van der Waals surface area contributed by atoms with Crippen molar-refractivity contribution in [2.45, 2.75) is 25.7 Å². The average molecular weight is 384 g/mol. The number of rotatable bonds is 7. The minimum absolute atomic E-state index is 0.0449. The number of pyridine rings is 2. The lowest BCUT2D eigenvalue weighted by Crippen LogP contribution is -2.07. The monoisotopic (exact) mass is 384 g/mol. The Bertz CT molecular complexity index is 1080. The summed E-state index contributed by atoms with van der Waals surface area (Å²) in [6, 6.07) is 21.9. The number of ether oxygens (including phenoxy) is 1. The number of aromatic nitrogens is 2. The third kappa shape index (κ3) is 4.21. The molecule has 4 nitrogen and oxygen atoms in total. The van der Waals surface area contributed by atoms with Gasteiger partial charge >= 0.3 is 0 Å². The molecule has 29 heavy (non-hydrogen) atoms. The van der Waals surface area contributed by atoms with Gasteiger partial charge in [-0.15, -0.1) is 0 Å². The molecular formula is C25H24N2O2. The molecule has 1 unspecified atom stereocenters. The van der Waals surface area contributed by atoms with Crippen molar-refractivity contribution >= 4 is 10.9 Å². The standard InChI is InChI=1S/C25H24N2O2/c1-2-16-29-21-11-8-18(9-12-21)23(17-20-7-3-4-14-26-20)22-13-10-19-6-5-15-27-24(19)25(22)28/h3-15,23,28H,2,16-17H2,1H3. The van der Waals surface area contributed by atoms with Gasteiger partial charge in [-0.1, -0.05) is 43.3 Å². The van der Waals surface area contributed by atoms with Crippen molar-refractivity contribution in [3.63, 3.8) is 0 Å². The summed E-state index contributed by atoms with van der Waals surface area (Å²) in [5.41, 5.74) is 3.55. The summed E-state index contributed by atoms with van der Waals surface area (Å²) in [6.45, 7) is 2.79. The molecule has 0 bridgehead atoms. The molecule has 0 aliphatic heterocycles. The van der Waals surface area contributed by atoms with E-state index >= 15 is 0 Å². The van der Waals surface area contributed by atoms with Gasteiger partial charge in [0.1, 0.15) is 17.0 Å². The Hall–Kier alpha value is -3.40. The topological polar surface area (TPSA) is 55.2 Å². The van der Waals surface area contributed by atoms with Gasteiger partial charge in [0.25, 0.3) is 0 Å². The second kappa shape index (κ2) is 8.74. The van der Waals surface area contributed by atoms with Crippen molar-refractivity contribution in [3.8, 4) is 11.5 Å². The molecule has 0 spiro atoms. The summed E-state index contributed by atoms with van der Waals surface area (Å²) in [5.74, 6) is 1.04. The lowest BCUT2D eigenvalue weighted by atomic mass is 9.86. The minimum Gasteiger partial charge on any atom is -0.505 e. The van der Waals surface area contributed by atoms with Crippen LogP contribution < -0.4 is 4.74 Å². The average Bonchev–Trinajstić information content (AvgIpc) is 2.78. The van der Waals surface area contributed by atoms with Crippen LogP contribution in [0.1, 0.15) is 36.1 Å². The molecular weight excluding hydrogens is 360 g/mol. The smallest absolute Gasteiger partial charge is 0.145 e. The largest absolute Gasteiger partial charge is 0.505 e. The molecule has 0 radical (unpaired) electrons. The van der Waals surface area contributed by atoms with Crippen LogP contribution in [0.2, 0.25) is 0 Å². The number of hydrogen-bond donors (Lipinski definition) is 1. The summed E-state index contributed by atoms with van der Waals surface area (Å²) < 4.78 is 5.72. The summed E-state index contributed by atoms with van der Waals surface area (Å²) >= 11 is 0. The van der Waals surface area contributed by atoms with E-state index in [-0.39, 0.29) is 11.7 Å². The Labute approximate surface area is 170 Å². The number of aromatic hydroxyl groups is 1. The van der Waals surface area contributed by atoms with Crippen LogP contribution >= 0.6 is 0 Å². The summed E-state index contributed by atoms with van der Waals surface area (Å²) in [7, 11) is 0. The van der Waals surface area contributed by atoms with E-state index in [9.17, 15) is 5.11 Å². The third-order valence-corrected chi connectivity index (χ3v) is 5.05. The van der Waals surface area contributed by atoms with Crippen LogP contribution in [0, 0.1) is 0 Å². The highest BCUT2D eigenvalue weighted by atomic mass is 16.5. The zero-order valence-electron chi connectivity index (χ0n) is 16.5. The van der Waals surface area contributed by atoms with Crippen LogP contribution in [-0.4, -0.2) is 21.7 Å². The molecule has 4 aromatic rings. The summed E-state index contributed by atoms with van der Waals surface area (Å²) in [4.78, 5) is 8.88. The van der Waals surface area contributed by atoms with E-state index in [2.05, 4.69) is 29.0 Å². The van der Waals surface area contributed by atoms with E-state index in [0.717, 1.165) is 34.4 Å². The van der Waals surface area contributed by atoms with Crippen LogP contribution in [0.25, 0.3) is 10.9 Å². The van der Waals surface area contributed by atoms with E-state index < -0.39 is 0 Å². The molecule has 0 aliphatic rings. The van der Waals surface area contributed by atoms with Crippen LogP contribution in [0.15, 0.2) is 79.1 Å². The second-order valence-electron chi connectivity index (χ2n) is 7.07. The predicted molar refractivity (Wildman–Crippen MR) is 115 cm³/mol. The van der Waals surface area contributed by atoms with Gasteiger partial charge in [0.15, 0.2) is 0 Å². The first-order valence-electron chi connectivity index (χ1n) is 9.95. The highest BCUT2D eigenvalue weighted by Gasteiger charge is 2.21. The summed E-state index contributed by atoms with van der Waals surface area (Å²) in [5, 5.41) is 11.9. The minimum atomic E-state index is -0.0449. The zero-order valence-corrected chi connectivity index (χ0v) is 16.5. The number of benzene rings is 2. The maximum absolute atomic E-state index is 11.0. The Morgan fingerprint density at radius 3 is 2.48 bits per heavy atom. The fraction of sp³-hybridized carbons (Fsp3) is 0.200. The molecule has 1 N–H and O–H groups in total. The van der Waals surface area contributed by atoms with E-state index in [4.69, 9.17) is 4.74 Å². The van der Waals surface area contributed by atoms with Gasteiger partial charge in [0.05, 0.1) is 6.61 Å². The molecule has 4 heteroatoms. The molecule has 0 saturated carbocycles. The van der Waals surface area contributed by atoms with Crippen LogP contribution in [0.4, 0.5) is 0 Å². The van der Waals surface area contributed by atoms with Crippen molar-refractivity contribution in [1.82, 2.24) is 9.97 Å². The quantitative estimate of drug-likeness (QED) is 0.457. The predicted octanol–water partition coefficient (Wildman–Crippen LogP) is 5.50. The van der Waals surface area contributed by atoms with Gasteiger partial charge in [-0.25, -0.2) is 0 Å². The van der Waals surface area contributed by atoms with Crippen molar-refractivity contribution in [2.24, 2.45) is 0 Å². The lowest BCUT2D eigenvalue weighted by Gasteiger charge is -2.20. The van der Waals surface area contributed by atoms with Crippen molar-refractivity contribution in [2.75, 3.05) is 6.61 Å². The maximum atomic E-state index is 11.0. The second-order valence-corrected chi connectivity index (χ2v) is 7.07. The Kier molecular flexibility index (Phi) is 5.71. The van der Waals surface area contributed by atoms with Crippen LogP contribution in [0.3, 0.4) is 0 Å². The Morgan fingerprint density at radius 1 is 0.897 bits per heavy atom. The fourth-order valence-electron chi connectivity index (χ4n) is 3.58. The molecule has 1 atom stereocenters. The first-order chi connectivity index (χ1) is 14.3. The van der Waals surface area contributed by atoms with Crippen molar-refractivity contribution in [3.05, 3.63) is 95.9 Å². The summed E-state index contributed by atoms with van der Waals surface area (Å²) in [6.07, 6.45) is 5.17. The highest BCUT2D eigenvalue weighted by molar-refractivity contribution is 5.85. The molecule has 0 saturated heterocycles. The molecule has 146 valence electrons. The molecule has 0 fully saturated rings. The molecule has 0 aliphatic carbocycles.